The molecule has 0 saturated carbocycles. The Balaban J connectivity index is 2.01. The van der Waals surface area contributed by atoms with Crippen molar-refractivity contribution in [3.05, 3.63) is 91.1 Å². The molecular weight excluding hydrogens is 266 g/mol. The van der Waals surface area contributed by atoms with E-state index in [0.717, 1.165) is 5.69 Å². The van der Waals surface area contributed by atoms with E-state index in [1.807, 2.05) is 12.3 Å². The molecule has 0 saturated heterocycles. The average Bonchev–Trinajstić information content (AvgIpc) is 2.62. The van der Waals surface area contributed by atoms with E-state index >= 15 is 0 Å². The second-order valence-electron chi connectivity index (χ2n) is 5.29. The molecular formula is C21H15N. The largest absolute Gasteiger partial charge is 0.256 e. The minimum absolute atomic E-state index is 1.04. The maximum atomic E-state index is 4.66. The van der Waals surface area contributed by atoms with Crippen LogP contribution in [-0.4, -0.2) is 4.98 Å². The van der Waals surface area contributed by atoms with Gasteiger partial charge in [0.2, 0.25) is 0 Å². The van der Waals surface area contributed by atoms with Crippen molar-refractivity contribution in [2.45, 2.75) is 0 Å². The summed E-state index contributed by atoms with van der Waals surface area (Å²) in [5.74, 6) is 0. The van der Waals surface area contributed by atoms with Gasteiger partial charge in [-0.2, -0.15) is 0 Å². The van der Waals surface area contributed by atoms with Crippen LogP contribution in [0.3, 0.4) is 0 Å². The highest BCUT2D eigenvalue weighted by molar-refractivity contribution is 5.98. The van der Waals surface area contributed by atoms with Crippen LogP contribution < -0.4 is 0 Å². The van der Waals surface area contributed by atoms with E-state index < -0.39 is 0 Å². The third-order valence-corrected chi connectivity index (χ3v) is 3.94. The van der Waals surface area contributed by atoms with Crippen molar-refractivity contribution < 1.29 is 0 Å². The molecule has 1 heterocycles. The molecule has 0 aliphatic carbocycles. The summed E-state index contributed by atoms with van der Waals surface area (Å²) < 4.78 is 0. The fraction of sp³-hybridized carbons (Fsp3) is 0. The molecule has 3 aromatic carbocycles. The first kappa shape index (κ1) is 12.8. The zero-order valence-corrected chi connectivity index (χ0v) is 12.1. The quantitative estimate of drug-likeness (QED) is 0.468. The number of hydrogen-bond acceptors (Lipinski definition) is 1. The van der Waals surface area contributed by atoms with Crippen LogP contribution >= 0.6 is 0 Å². The first-order chi connectivity index (χ1) is 10.9. The van der Waals surface area contributed by atoms with E-state index in [4.69, 9.17) is 0 Å². The lowest BCUT2D eigenvalue weighted by atomic mass is 9.95. The van der Waals surface area contributed by atoms with Gasteiger partial charge >= 0.3 is 0 Å². The molecule has 104 valence electrons. The standard InChI is InChI=1S/C21H15N/c1-2-8-16(9-3-1)18-11-6-7-13-20(18)21-19-12-5-4-10-17(19)14-15-22-21/h1-15H. The lowest BCUT2D eigenvalue weighted by Gasteiger charge is -2.11. The van der Waals surface area contributed by atoms with Crippen LogP contribution in [0.4, 0.5) is 0 Å². The molecule has 0 aliphatic rings. The van der Waals surface area contributed by atoms with Crippen molar-refractivity contribution in [1.29, 1.82) is 0 Å². The topological polar surface area (TPSA) is 12.9 Å². The molecule has 0 N–H and O–H groups in total. The number of hydrogen-bond donors (Lipinski definition) is 0. The molecule has 0 radical (unpaired) electrons. The Kier molecular flexibility index (Phi) is 3.17. The van der Waals surface area contributed by atoms with Crippen molar-refractivity contribution in [3.8, 4) is 22.4 Å². The third-order valence-electron chi connectivity index (χ3n) is 3.94. The van der Waals surface area contributed by atoms with Crippen LogP contribution in [0.5, 0.6) is 0 Å². The van der Waals surface area contributed by atoms with Crippen molar-refractivity contribution in [2.24, 2.45) is 0 Å². The summed E-state index contributed by atoms with van der Waals surface area (Å²) in [7, 11) is 0. The average molecular weight is 281 g/mol. The van der Waals surface area contributed by atoms with E-state index in [1.165, 1.54) is 27.5 Å². The van der Waals surface area contributed by atoms with E-state index in [0.29, 0.717) is 0 Å². The molecule has 0 spiro atoms. The van der Waals surface area contributed by atoms with Gasteiger partial charge in [-0.15, -0.1) is 0 Å². The van der Waals surface area contributed by atoms with E-state index in [-0.39, 0.29) is 0 Å². The summed E-state index contributed by atoms with van der Waals surface area (Å²) in [4.78, 5) is 4.66. The van der Waals surface area contributed by atoms with E-state index in [1.54, 1.807) is 0 Å². The summed E-state index contributed by atoms with van der Waals surface area (Å²) >= 11 is 0. The number of pyridine rings is 1. The molecule has 0 aliphatic heterocycles. The Hall–Kier alpha value is -2.93. The van der Waals surface area contributed by atoms with Crippen LogP contribution in [0.25, 0.3) is 33.2 Å². The first-order valence-electron chi connectivity index (χ1n) is 7.42. The summed E-state index contributed by atoms with van der Waals surface area (Å²) in [5.41, 5.74) is 4.64. The monoisotopic (exact) mass is 281 g/mol. The zero-order valence-electron chi connectivity index (χ0n) is 12.1. The summed E-state index contributed by atoms with van der Waals surface area (Å²) in [6.45, 7) is 0. The Labute approximate surface area is 129 Å². The second-order valence-corrected chi connectivity index (χ2v) is 5.29. The fourth-order valence-electron chi connectivity index (χ4n) is 2.89. The first-order valence-corrected chi connectivity index (χ1v) is 7.42. The Bertz CT molecular complexity index is 921. The predicted molar refractivity (Wildman–Crippen MR) is 92.6 cm³/mol. The highest BCUT2D eigenvalue weighted by atomic mass is 14.7. The molecule has 22 heavy (non-hydrogen) atoms. The SMILES string of the molecule is c1ccc(-c2ccccc2-c2nccc3ccccc23)cc1. The van der Waals surface area contributed by atoms with Crippen molar-refractivity contribution in [3.63, 3.8) is 0 Å². The van der Waals surface area contributed by atoms with Gasteiger partial charge in [0.05, 0.1) is 5.69 Å². The third kappa shape index (κ3) is 2.17. The molecule has 0 amide bonds. The van der Waals surface area contributed by atoms with Gasteiger partial charge in [0.1, 0.15) is 0 Å². The maximum Gasteiger partial charge on any atom is 0.0786 e. The fourth-order valence-corrected chi connectivity index (χ4v) is 2.89. The maximum absolute atomic E-state index is 4.66. The zero-order chi connectivity index (χ0) is 14.8. The minimum Gasteiger partial charge on any atom is -0.256 e. The Morgan fingerprint density at radius 3 is 2.09 bits per heavy atom. The van der Waals surface area contributed by atoms with Crippen LogP contribution in [0.2, 0.25) is 0 Å². The summed E-state index contributed by atoms with van der Waals surface area (Å²) in [6, 6.07) is 29.4. The van der Waals surface area contributed by atoms with Gasteiger partial charge in [-0.3, -0.25) is 4.98 Å². The number of aromatic nitrogens is 1. The number of benzene rings is 3. The molecule has 1 heteroatoms. The Morgan fingerprint density at radius 1 is 0.545 bits per heavy atom. The molecule has 4 aromatic rings. The van der Waals surface area contributed by atoms with Crippen molar-refractivity contribution in [2.75, 3.05) is 0 Å². The highest BCUT2D eigenvalue weighted by Gasteiger charge is 2.10. The van der Waals surface area contributed by atoms with Gasteiger partial charge in [0.25, 0.3) is 0 Å². The van der Waals surface area contributed by atoms with Gasteiger partial charge in [-0.05, 0) is 22.6 Å². The van der Waals surface area contributed by atoms with Crippen LogP contribution in [0.1, 0.15) is 0 Å². The van der Waals surface area contributed by atoms with Gasteiger partial charge < -0.3 is 0 Å². The molecule has 0 unspecified atom stereocenters. The second kappa shape index (κ2) is 5.45. The van der Waals surface area contributed by atoms with E-state index in [9.17, 15) is 0 Å². The molecule has 0 bridgehead atoms. The number of fused-ring (bicyclic) bond motifs is 1. The smallest absolute Gasteiger partial charge is 0.0786 e. The molecule has 4 rings (SSSR count). The minimum atomic E-state index is 1.04. The summed E-state index contributed by atoms with van der Waals surface area (Å²) in [5, 5.41) is 2.41. The van der Waals surface area contributed by atoms with Gasteiger partial charge in [0, 0.05) is 17.1 Å². The van der Waals surface area contributed by atoms with Gasteiger partial charge in [-0.25, -0.2) is 0 Å². The highest BCUT2D eigenvalue weighted by Crippen LogP contribution is 2.34. The van der Waals surface area contributed by atoms with Crippen molar-refractivity contribution >= 4 is 10.8 Å². The van der Waals surface area contributed by atoms with Gasteiger partial charge in [0.15, 0.2) is 0 Å². The van der Waals surface area contributed by atoms with E-state index in [2.05, 4.69) is 83.8 Å². The lowest BCUT2D eigenvalue weighted by Crippen LogP contribution is -1.89. The number of nitrogens with zero attached hydrogens (tertiary/aromatic N) is 1. The molecule has 1 aromatic heterocycles. The molecule has 0 atom stereocenters. The predicted octanol–water partition coefficient (Wildman–Crippen LogP) is 5.57. The van der Waals surface area contributed by atoms with Crippen LogP contribution in [-0.2, 0) is 0 Å². The van der Waals surface area contributed by atoms with Crippen molar-refractivity contribution in [1.82, 2.24) is 4.98 Å². The normalized spacial score (nSPS) is 10.7. The van der Waals surface area contributed by atoms with Crippen LogP contribution in [0, 0.1) is 0 Å². The molecule has 1 nitrogen and oxygen atoms in total. The summed E-state index contributed by atoms with van der Waals surface area (Å²) in [6.07, 6.45) is 1.89. The Morgan fingerprint density at radius 2 is 1.23 bits per heavy atom. The van der Waals surface area contributed by atoms with Gasteiger partial charge in [-0.1, -0.05) is 78.9 Å². The van der Waals surface area contributed by atoms with Crippen LogP contribution in [0.15, 0.2) is 91.1 Å². The molecule has 0 fully saturated rings. The number of rotatable bonds is 2. The lowest BCUT2D eigenvalue weighted by molar-refractivity contribution is 1.36.